The monoisotopic (exact) mass is 264 g/mol. The summed E-state index contributed by atoms with van der Waals surface area (Å²) in [5, 5.41) is 4.72. The number of ether oxygens (including phenoxy) is 1. The zero-order valence-corrected chi connectivity index (χ0v) is 11.5. The number of carbonyl (C=O) groups is 2. The molecule has 0 heterocycles. The molecule has 0 bridgehead atoms. The molecule has 1 aromatic carbocycles. The van der Waals surface area contributed by atoms with E-state index in [1.165, 1.54) is 0 Å². The third-order valence-electron chi connectivity index (χ3n) is 2.60. The number of nitrogens with one attached hydrogen (secondary N) is 2. The standard InChI is InChI=1S/C14H20N2O3/c1-4-11-8-6-7-9-12(11)19-10(3)13(17)16-14(18)15-5-2/h6-10H,4-5H2,1-3H3,(H2,15,16,17,18). The second-order valence-electron chi connectivity index (χ2n) is 4.07. The van der Waals surface area contributed by atoms with E-state index in [-0.39, 0.29) is 0 Å². The molecule has 0 saturated carbocycles. The predicted octanol–water partition coefficient (Wildman–Crippen LogP) is 1.86. The average molecular weight is 264 g/mol. The van der Waals surface area contributed by atoms with Gasteiger partial charge < -0.3 is 10.1 Å². The summed E-state index contributed by atoms with van der Waals surface area (Å²) in [6.45, 7) is 5.87. The van der Waals surface area contributed by atoms with Crippen molar-refractivity contribution in [2.45, 2.75) is 33.3 Å². The van der Waals surface area contributed by atoms with Crippen molar-refractivity contribution in [2.24, 2.45) is 0 Å². The highest BCUT2D eigenvalue weighted by molar-refractivity contribution is 5.96. The summed E-state index contributed by atoms with van der Waals surface area (Å²) in [6.07, 6.45) is 0.0937. The van der Waals surface area contributed by atoms with E-state index in [2.05, 4.69) is 10.6 Å². The predicted molar refractivity (Wildman–Crippen MR) is 73.1 cm³/mol. The molecule has 0 radical (unpaired) electrons. The quantitative estimate of drug-likeness (QED) is 0.853. The molecule has 1 rings (SSSR count). The Morgan fingerprint density at radius 2 is 1.95 bits per heavy atom. The molecule has 1 atom stereocenters. The molecule has 0 aromatic heterocycles. The molecule has 0 saturated heterocycles. The van der Waals surface area contributed by atoms with Crippen LogP contribution >= 0.6 is 0 Å². The Bertz CT molecular complexity index is 446. The molecular weight excluding hydrogens is 244 g/mol. The Labute approximate surface area is 113 Å². The molecule has 0 fully saturated rings. The first-order chi connectivity index (χ1) is 9.08. The van der Waals surface area contributed by atoms with Gasteiger partial charge in [-0.1, -0.05) is 25.1 Å². The molecular formula is C14H20N2O3. The van der Waals surface area contributed by atoms with Crippen LogP contribution in [0.15, 0.2) is 24.3 Å². The molecule has 104 valence electrons. The van der Waals surface area contributed by atoms with Crippen LogP contribution in [0.4, 0.5) is 4.79 Å². The minimum absolute atomic E-state index is 0.461. The van der Waals surface area contributed by atoms with Crippen LogP contribution < -0.4 is 15.4 Å². The van der Waals surface area contributed by atoms with Crippen molar-refractivity contribution >= 4 is 11.9 Å². The lowest BCUT2D eigenvalue weighted by molar-refractivity contribution is -0.126. The van der Waals surface area contributed by atoms with E-state index in [0.717, 1.165) is 12.0 Å². The lowest BCUT2D eigenvalue weighted by Gasteiger charge is -2.16. The van der Waals surface area contributed by atoms with Gasteiger partial charge >= 0.3 is 6.03 Å². The lowest BCUT2D eigenvalue weighted by atomic mass is 10.1. The topological polar surface area (TPSA) is 67.4 Å². The molecule has 0 spiro atoms. The van der Waals surface area contributed by atoms with E-state index in [0.29, 0.717) is 12.3 Å². The zero-order valence-electron chi connectivity index (χ0n) is 11.5. The van der Waals surface area contributed by atoms with Crippen molar-refractivity contribution < 1.29 is 14.3 Å². The molecule has 5 heteroatoms. The number of para-hydroxylation sites is 1. The molecule has 0 aliphatic carbocycles. The Morgan fingerprint density at radius 1 is 1.26 bits per heavy atom. The van der Waals surface area contributed by atoms with Crippen molar-refractivity contribution in [1.29, 1.82) is 0 Å². The highest BCUT2D eigenvalue weighted by atomic mass is 16.5. The number of rotatable bonds is 5. The molecule has 2 N–H and O–H groups in total. The number of carbonyl (C=O) groups excluding carboxylic acids is 2. The van der Waals surface area contributed by atoms with Crippen LogP contribution in [-0.2, 0) is 11.2 Å². The van der Waals surface area contributed by atoms with Crippen LogP contribution in [0.1, 0.15) is 26.3 Å². The SMILES string of the molecule is CCNC(=O)NC(=O)C(C)Oc1ccccc1CC. The third kappa shape index (κ3) is 4.62. The number of imide groups is 1. The fourth-order valence-electron chi connectivity index (χ4n) is 1.57. The summed E-state index contributed by atoms with van der Waals surface area (Å²) in [7, 11) is 0. The average Bonchev–Trinajstić information content (AvgIpc) is 2.39. The van der Waals surface area contributed by atoms with Gasteiger partial charge in [-0.2, -0.15) is 0 Å². The normalized spacial score (nSPS) is 11.5. The van der Waals surface area contributed by atoms with Crippen molar-refractivity contribution in [3.8, 4) is 5.75 Å². The lowest BCUT2D eigenvalue weighted by Crippen LogP contribution is -2.45. The van der Waals surface area contributed by atoms with Crippen LogP contribution in [0.2, 0.25) is 0 Å². The Morgan fingerprint density at radius 3 is 2.58 bits per heavy atom. The van der Waals surface area contributed by atoms with Crippen LogP contribution in [0.5, 0.6) is 5.75 Å². The number of urea groups is 1. The number of hydrogen-bond donors (Lipinski definition) is 2. The summed E-state index contributed by atoms with van der Waals surface area (Å²) in [6, 6.07) is 7.03. The Kier molecular flexibility index (Phi) is 5.85. The van der Waals surface area contributed by atoms with Gasteiger partial charge in [-0.3, -0.25) is 10.1 Å². The zero-order chi connectivity index (χ0) is 14.3. The number of aryl methyl sites for hydroxylation is 1. The summed E-state index contributed by atoms with van der Waals surface area (Å²) < 4.78 is 5.59. The maximum atomic E-state index is 11.7. The maximum absolute atomic E-state index is 11.7. The van der Waals surface area contributed by atoms with Gasteiger partial charge in [0.05, 0.1) is 0 Å². The van der Waals surface area contributed by atoms with E-state index in [1.807, 2.05) is 31.2 Å². The first kappa shape index (κ1) is 15.0. The molecule has 3 amide bonds. The molecule has 0 aliphatic heterocycles. The van der Waals surface area contributed by atoms with Crippen molar-refractivity contribution in [3.05, 3.63) is 29.8 Å². The first-order valence-corrected chi connectivity index (χ1v) is 6.41. The third-order valence-corrected chi connectivity index (χ3v) is 2.60. The second-order valence-corrected chi connectivity index (χ2v) is 4.07. The van der Waals surface area contributed by atoms with Gasteiger partial charge in [0.25, 0.3) is 5.91 Å². The highest BCUT2D eigenvalue weighted by Gasteiger charge is 2.17. The van der Waals surface area contributed by atoms with E-state index in [9.17, 15) is 9.59 Å². The van der Waals surface area contributed by atoms with Gasteiger partial charge in [0.2, 0.25) is 0 Å². The summed E-state index contributed by atoms with van der Waals surface area (Å²) in [5.41, 5.74) is 1.03. The summed E-state index contributed by atoms with van der Waals surface area (Å²) in [4.78, 5) is 23.0. The van der Waals surface area contributed by atoms with Crippen LogP contribution in [0.3, 0.4) is 0 Å². The highest BCUT2D eigenvalue weighted by Crippen LogP contribution is 2.19. The Hall–Kier alpha value is -2.04. The van der Waals surface area contributed by atoms with Gasteiger partial charge in [0.1, 0.15) is 5.75 Å². The van der Waals surface area contributed by atoms with Crippen LogP contribution in [0.25, 0.3) is 0 Å². The fourth-order valence-corrected chi connectivity index (χ4v) is 1.57. The molecule has 19 heavy (non-hydrogen) atoms. The minimum atomic E-state index is -0.727. The summed E-state index contributed by atoms with van der Waals surface area (Å²) >= 11 is 0. The number of amides is 3. The largest absolute Gasteiger partial charge is 0.481 e. The van der Waals surface area contributed by atoms with Gasteiger partial charge in [-0.25, -0.2) is 4.79 Å². The van der Waals surface area contributed by atoms with E-state index < -0.39 is 18.0 Å². The summed E-state index contributed by atoms with van der Waals surface area (Å²) in [5.74, 6) is 0.209. The van der Waals surface area contributed by atoms with Crippen LogP contribution in [0, 0.1) is 0 Å². The van der Waals surface area contributed by atoms with E-state index >= 15 is 0 Å². The fraction of sp³-hybridized carbons (Fsp3) is 0.429. The maximum Gasteiger partial charge on any atom is 0.321 e. The van der Waals surface area contributed by atoms with Gasteiger partial charge in [0, 0.05) is 6.54 Å². The minimum Gasteiger partial charge on any atom is -0.481 e. The van der Waals surface area contributed by atoms with Gasteiger partial charge in [-0.15, -0.1) is 0 Å². The van der Waals surface area contributed by atoms with Crippen molar-refractivity contribution in [2.75, 3.05) is 6.54 Å². The molecule has 5 nitrogen and oxygen atoms in total. The smallest absolute Gasteiger partial charge is 0.321 e. The van der Waals surface area contributed by atoms with Gasteiger partial charge in [0.15, 0.2) is 6.10 Å². The number of hydrogen-bond acceptors (Lipinski definition) is 3. The van der Waals surface area contributed by atoms with Crippen LogP contribution in [-0.4, -0.2) is 24.6 Å². The van der Waals surface area contributed by atoms with Gasteiger partial charge in [-0.05, 0) is 31.9 Å². The second kappa shape index (κ2) is 7.41. The first-order valence-electron chi connectivity index (χ1n) is 6.41. The molecule has 1 aromatic rings. The van der Waals surface area contributed by atoms with Crippen molar-refractivity contribution in [1.82, 2.24) is 10.6 Å². The number of benzene rings is 1. The van der Waals surface area contributed by atoms with E-state index in [4.69, 9.17) is 4.74 Å². The Balaban J connectivity index is 2.61. The molecule has 1 unspecified atom stereocenters. The van der Waals surface area contributed by atoms with E-state index in [1.54, 1.807) is 13.8 Å². The molecule has 0 aliphatic rings. The van der Waals surface area contributed by atoms with Crippen molar-refractivity contribution in [3.63, 3.8) is 0 Å².